The minimum absolute atomic E-state index is 0.236. The third kappa shape index (κ3) is 2.04. The summed E-state index contributed by atoms with van der Waals surface area (Å²) in [5.74, 6) is -0.544. The molecule has 2 aromatic rings. The predicted octanol–water partition coefficient (Wildman–Crippen LogP) is 2.30. The van der Waals surface area contributed by atoms with Gasteiger partial charge in [0, 0.05) is 23.4 Å². The van der Waals surface area contributed by atoms with Crippen LogP contribution < -0.4 is 5.73 Å². The number of amides is 1. The highest BCUT2D eigenvalue weighted by atomic mass is 35.5. The van der Waals surface area contributed by atoms with E-state index in [9.17, 15) is 4.79 Å². The van der Waals surface area contributed by atoms with E-state index in [0.29, 0.717) is 5.02 Å². The lowest BCUT2D eigenvalue weighted by atomic mass is 10.1. The number of carbonyl (C=O) groups excluding carboxylic acids is 1. The quantitative estimate of drug-likeness (QED) is 0.862. The average Bonchev–Trinajstić information content (AvgIpc) is 2.30. The SMILES string of the molecule is NC(=O)c1ccc(-c2ccc[c]c2Cl)cn1. The number of hydrogen-bond donors (Lipinski definition) is 1. The topological polar surface area (TPSA) is 56.0 Å². The van der Waals surface area contributed by atoms with Gasteiger partial charge in [0.1, 0.15) is 5.69 Å². The Kier molecular flexibility index (Phi) is 2.88. The van der Waals surface area contributed by atoms with Crippen molar-refractivity contribution in [3.05, 3.63) is 53.3 Å². The molecule has 79 valence electrons. The minimum atomic E-state index is -0.544. The molecule has 2 N–H and O–H groups in total. The number of nitrogens with two attached hydrogens (primary N) is 1. The molecule has 0 saturated carbocycles. The highest BCUT2D eigenvalue weighted by molar-refractivity contribution is 6.33. The lowest BCUT2D eigenvalue weighted by molar-refractivity contribution is 0.0995. The third-order valence-corrected chi connectivity index (χ3v) is 2.45. The molecule has 0 atom stereocenters. The maximum Gasteiger partial charge on any atom is 0.267 e. The van der Waals surface area contributed by atoms with E-state index >= 15 is 0 Å². The Morgan fingerprint density at radius 3 is 2.75 bits per heavy atom. The van der Waals surface area contributed by atoms with Crippen molar-refractivity contribution in [3.8, 4) is 11.1 Å². The monoisotopic (exact) mass is 231 g/mol. The highest BCUT2D eigenvalue weighted by Gasteiger charge is 2.05. The van der Waals surface area contributed by atoms with Crippen molar-refractivity contribution in [3.63, 3.8) is 0 Å². The highest BCUT2D eigenvalue weighted by Crippen LogP contribution is 2.26. The van der Waals surface area contributed by atoms with Crippen LogP contribution >= 0.6 is 11.6 Å². The van der Waals surface area contributed by atoms with Gasteiger partial charge in [0.05, 0.1) is 5.02 Å². The molecule has 1 aromatic carbocycles. The number of primary amides is 1. The van der Waals surface area contributed by atoms with Crippen LogP contribution in [0.25, 0.3) is 11.1 Å². The molecule has 0 aliphatic heterocycles. The Balaban J connectivity index is 2.43. The molecule has 2 rings (SSSR count). The number of halogens is 1. The molecule has 0 aliphatic carbocycles. The largest absolute Gasteiger partial charge is 0.364 e. The van der Waals surface area contributed by atoms with Gasteiger partial charge in [-0.1, -0.05) is 35.9 Å². The number of benzene rings is 1. The summed E-state index contributed by atoms with van der Waals surface area (Å²) in [6.07, 6.45) is 1.56. The number of hydrogen-bond acceptors (Lipinski definition) is 2. The summed E-state index contributed by atoms with van der Waals surface area (Å²) in [5.41, 5.74) is 6.99. The number of aromatic nitrogens is 1. The standard InChI is InChI=1S/C12H8ClN2O/c13-10-4-2-1-3-9(10)8-5-6-11(12(14)16)15-7-8/h1-3,5-7H,(H2,14,16). The molecule has 0 unspecified atom stereocenters. The van der Waals surface area contributed by atoms with Gasteiger partial charge in [-0.25, -0.2) is 0 Å². The molecule has 1 amide bonds. The van der Waals surface area contributed by atoms with Gasteiger partial charge in [-0.15, -0.1) is 0 Å². The van der Waals surface area contributed by atoms with Gasteiger partial charge in [0.15, 0.2) is 0 Å². The van der Waals surface area contributed by atoms with E-state index in [0.717, 1.165) is 11.1 Å². The Morgan fingerprint density at radius 2 is 2.19 bits per heavy atom. The fourth-order valence-electron chi connectivity index (χ4n) is 1.34. The average molecular weight is 232 g/mol. The van der Waals surface area contributed by atoms with Gasteiger partial charge in [0.25, 0.3) is 5.91 Å². The first-order chi connectivity index (χ1) is 7.68. The van der Waals surface area contributed by atoms with Crippen LogP contribution in [0.1, 0.15) is 10.5 Å². The van der Waals surface area contributed by atoms with E-state index < -0.39 is 5.91 Å². The van der Waals surface area contributed by atoms with Gasteiger partial charge >= 0.3 is 0 Å². The summed E-state index contributed by atoms with van der Waals surface area (Å²) >= 11 is 5.99. The Morgan fingerprint density at radius 1 is 1.38 bits per heavy atom. The number of pyridine rings is 1. The maximum atomic E-state index is 10.8. The van der Waals surface area contributed by atoms with Crippen LogP contribution in [0.3, 0.4) is 0 Å². The summed E-state index contributed by atoms with van der Waals surface area (Å²) < 4.78 is 0. The van der Waals surface area contributed by atoms with Crippen molar-refractivity contribution >= 4 is 17.5 Å². The molecule has 0 fully saturated rings. The lowest BCUT2D eigenvalue weighted by Gasteiger charge is -2.03. The second kappa shape index (κ2) is 4.33. The van der Waals surface area contributed by atoms with Gasteiger partial charge in [-0.05, 0) is 6.07 Å². The molecule has 16 heavy (non-hydrogen) atoms. The lowest BCUT2D eigenvalue weighted by Crippen LogP contribution is -2.12. The third-order valence-electron chi connectivity index (χ3n) is 2.13. The summed E-state index contributed by atoms with van der Waals surface area (Å²) in [5, 5.41) is 0.524. The van der Waals surface area contributed by atoms with Crippen molar-refractivity contribution in [1.82, 2.24) is 4.98 Å². The van der Waals surface area contributed by atoms with Gasteiger partial charge in [-0.3, -0.25) is 9.78 Å². The maximum absolute atomic E-state index is 10.8. The van der Waals surface area contributed by atoms with Crippen molar-refractivity contribution in [2.24, 2.45) is 5.73 Å². The van der Waals surface area contributed by atoms with E-state index in [2.05, 4.69) is 11.1 Å². The molecular formula is C12H8ClN2O. The molecule has 0 saturated heterocycles. The van der Waals surface area contributed by atoms with Crippen LogP contribution in [0, 0.1) is 6.07 Å². The molecule has 1 aromatic heterocycles. The van der Waals surface area contributed by atoms with Crippen LogP contribution in [0.2, 0.25) is 5.02 Å². The zero-order chi connectivity index (χ0) is 11.5. The smallest absolute Gasteiger partial charge is 0.267 e. The van der Waals surface area contributed by atoms with Crippen molar-refractivity contribution in [2.45, 2.75) is 0 Å². The van der Waals surface area contributed by atoms with Gasteiger partial charge < -0.3 is 5.73 Å². The zero-order valence-corrected chi connectivity index (χ0v) is 9.03. The first kappa shape index (κ1) is 10.6. The Labute approximate surface area is 97.9 Å². The second-order valence-corrected chi connectivity index (χ2v) is 3.57. The molecule has 0 spiro atoms. The molecular weight excluding hydrogens is 224 g/mol. The Hall–Kier alpha value is -1.87. The summed E-state index contributed by atoms with van der Waals surface area (Å²) in [7, 11) is 0. The van der Waals surface area contributed by atoms with E-state index in [1.165, 1.54) is 0 Å². The van der Waals surface area contributed by atoms with E-state index in [1.807, 2.05) is 12.1 Å². The number of rotatable bonds is 2. The summed E-state index contributed by atoms with van der Waals surface area (Å²) in [6, 6.07) is 11.6. The number of carbonyl (C=O) groups is 1. The molecule has 0 aliphatic rings. The normalized spacial score (nSPS) is 10.1. The fourth-order valence-corrected chi connectivity index (χ4v) is 1.57. The van der Waals surface area contributed by atoms with Crippen LogP contribution in [-0.2, 0) is 0 Å². The minimum Gasteiger partial charge on any atom is -0.364 e. The van der Waals surface area contributed by atoms with Crippen molar-refractivity contribution in [2.75, 3.05) is 0 Å². The molecule has 4 heteroatoms. The van der Waals surface area contributed by atoms with E-state index in [1.54, 1.807) is 24.4 Å². The molecule has 1 radical (unpaired) electrons. The first-order valence-electron chi connectivity index (χ1n) is 4.61. The zero-order valence-electron chi connectivity index (χ0n) is 8.27. The summed E-state index contributed by atoms with van der Waals surface area (Å²) in [4.78, 5) is 14.8. The molecule has 0 bridgehead atoms. The van der Waals surface area contributed by atoms with Crippen LogP contribution in [0.4, 0.5) is 0 Å². The fraction of sp³-hybridized carbons (Fsp3) is 0. The summed E-state index contributed by atoms with van der Waals surface area (Å²) in [6.45, 7) is 0. The predicted molar refractivity (Wildman–Crippen MR) is 62.0 cm³/mol. The first-order valence-corrected chi connectivity index (χ1v) is 4.98. The second-order valence-electron chi connectivity index (χ2n) is 3.19. The van der Waals surface area contributed by atoms with Crippen molar-refractivity contribution in [1.29, 1.82) is 0 Å². The van der Waals surface area contributed by atoms with Gasteiger partial charge in [0.2, 0.25) is 0 Å². The van der Waals surface area contributed by atoms with Crippen molar-refractivity contribution < 1.29 is 4.79 Å². The van der Waals surface area contributed by atoms with Crippen LogP contribution in [0.5, 0.6) is 0 Å². The van der Waals surface area contributed by atoms with Crippen LogP contribution in [-0.4, -0.2) is 10.9 Å². The van der Waals surface area contributed by atoms with Gasteiger partial charge in [-0.2, -0.15) is 0 Å². The number of nitrogens with zero attached hydrogens (tertiary/aromatic N) is 1. The molecule has 1 heterocycles. The van der Waals surface area contributed by atoms with Crippen LogP contribution in [0.15, 0.2) is 36.5 Å². The Bertz CT molecular complexity index is 523. The van der Waals surface area contributed by atoms with E-state index in [4.69, 9.17) is 17.3 Å². The van der Waals surface area contributed by atoms with E-state index in [-0.39, 0.29) is 5.69 Å². The molecule has 3 nitrogen and oxygen atoms in total.